The SMILES string of the molecule is CCCS(=O)(=O)N1CCCC(C(=O)N2CCC(C(=O)NC3CC3)CC2)C1. The normalized spacial score (nSPS) is 25.9. The van der Waals surface area contributed by atoms with Gasteiger partial charge < -0.3 is 10.2 Å². The molecule has 2 saturated heterocycles. The molecule has 0 aromatic rings. The van der Waals surface area contributed by atoms with Gasteiger partial charge in [0.2, 0.25) is 21.8 Å². The van der Waals surface area contributed by atoms with E-state index in [1.165, 1.54) is 4.31 Å². The summed E-state index contributed by atoms with van der Waals surface area (Å²) in [6.45, 7) is 3.88. The van der Waals surface area contributed by atoms with Crippen LogP contribution in [0.15, 0.2) is 0 Å². The number of amides is 2. The second-order valence-corrected chi connectivity index (χ2v) is 9.98. The molecule has 3 rings (SSSR count). The molecule has 3 aliphatic rings. The Kier molecular flexibility index (Phi) is 6.22. The quantitative estimate of drug-likeness (QED) is 0.738. The number of sulfonamides is 1. The smallest absolute Gasteiger partial charge is 0.227 e. The molecule has 0 spiro atoms. The minimum atomic E-state index is -3.25. The molecule has 2 amide bonds. The lowest BCUT2D eigenvalue weighted by atomic mass is 9.93. The van der Waals surface area contributed by atoms with Crippen molar-refractivity contribution in [2.45, 2.75) is 57.9 Å². The predicted molar refractivity (Wildman–Crippen MR) is 98.8 cm³/mol. The fourth-order valence-electron chi connectivity index (χ4n) is 3.95. The van der Waals surface area contributed by atoms with Crippen LogP contribution in [-0.4, -0.2) is 67.4 Å². The monoisotopic (exact) mass is 385 g/mol. The Morgan fingerprint density at radius 3 is 2.31 bits per heavy atom. The number of carbonyl (C=O) groups is 2. The molecule has 7 nitrogen and oxygen atoms in total. The number of nitrogens with zero attached hydrogens (tertiary/aromatic N) is 2. The summed E-state index contributed by atoms with van der Waals surface area (Å²) in [7, 11) is -3.25. The van der Waals surface area contributed by atoms with Gasteiger partial charge in [-0.15, -0.1) is 0 Å². The van der Waals surface area contributed by atoms with E-state index in [2.05, 4.69) is 5.32 Å². The summed E-state index contributed by atoms with van der Waals surface area (Å²) in [5.74, 6) is 0.103. The van der Waals surface area contributed by atoms with Crippen LogP contribution in [0.5, 0.6) is 0 Å². The largest absolute Gasteiger partial charge is 0.353 e. The predicted octanol–water partition coefficient (Wildman–Crippen LogP) is 0.955. The number of rotatable bonds is 6. The average molecular weight is 386 g/mol. The van der Waals surface area contributed by atoms with Crippen molar-refractivity contribution in [1.29, 1.82) is 0 Å². The van der Waals surface area contributed by atoms with E-state index in [0.717, 1.165) is 25.7 Å². The second kappa shape index (κ2) is 8.25. The van der Waals surface area contributed by atoms with Crippen molar-refractivity contribution in [3.05, 3.63) is 0 Å². The summed E-state index contributed by atoms with van der Waals surface area (Å²) in [6, 6.07) is 0.375. The third-order valence-electron chi connectivity index (χ3n) is 5.69. The van der Waals surface area contributed by atoms with Gasteiger partial charge in [-0.2, -0.15) is 0 Å². The third kappa shape index (κ3) is 4.76. The molecule has 26 heavy (non-hydrogen) atoms. The van der Waals surface area contributed by atoms with Crippen molar-refractivity contribution < 1.29 is 18.0 Å². The van der Waals surface area contributed by atoms with Crippen LogP contribution in [0.25, 0.3) is 0 Å². The van der Waals surface area contributed by atoms with E-state index in [1.54, 1.807) is 0 Å². The highest BCUT2D eigenvalue weighted by molar-refractivity contribution is 7.89. The number of hydrogen-bond acceptors (Lipinski definition) is 4. The molecule has 0 bridgehead atoms. The molecule has 2 heterocycles. The highest BCUT2D eigenvalue weighted by Gasteiger charge is 2.36. The van der Waals surface area contributed by atoms with Gasteiger partial charge in [-0.3, -0.25) is 9.59 Å². The third-order valence-corrected chi connectivity index (χ3v) is 7.73. The molecular weight excluding hydrogens is 354 g/mol. The lowest BCUT2D eigenvalue weighted by Gasteiger charge is -2.37. The van der Waals surface area contributed by atoms with Crippen molar-refractivity contribution in [1.82, 2.24) is 14.5 Å². The van der Waals surface area contributed by atoms with Gasteiger partial charge in [-0.25, -0.2) is 12.7 Å². The van der Waals surface area contributed by atoms with E-state index in [1.807, 2.05) is 11.8 Å². The number of nitrogens with one attached hydrogen (secondary N) is 1. The van der Waals surface area contributed by atoms with Crippen LogP contribution in [0.1, 0.15) is 51.9 Å². The Bertz CT molecular complexity index is 624. The number of hydrogen-bond donors (Lipinski definition) is 1. The molecule has 3 fully saturated rings. The minimum absolute atomic E-state index is 0.00689. The fourth-order valence-corrected chi connectivity index (χ4v) is 5.54. The maximum atomic E-state index is 12.9. The summed E-state index contributed by atoms with van der Waals surface area (Å²) in [4.78, 5) is 26.8. The maximum Gasteiger partial charge on any atom is 0.227 e. The molecule has 1 saturated carbocycles. The molecule has 1 aliphatic carbocycles. The van der Waals surface area contributed by atoms with E-state index in [-0.39, 0.29) is 29.4 Å². The highest BCUT2D eigenvalue weighted by atomic mass is 32.2. The van der Waals surface area contributed by atoms with Crippen LogP contribution < -0.4 is 5.32 Å². The zero-order valence-electron chi connectivity index (χ0n) is 15.7. The highest BCUT2D eigenvalue weighted by Crippen LogP contribution is 2.26. The first-order chi connectivity index (χ1) is 12.4. The van der Waals surface area contributed by atoms with Gasteiger partial charge in [0, 0.05) is 38.1 Å². The standard InChI is InChI=1S/C18H31N3O4S/c1-2-12-26(24,25)21-9-3-4-15(13-21)18(23)20-10-7-14(8-11-20)17(22)19-16-5-6-16/h14-16H,2-13H2,1H3,(H,19,22). The van der Waals surface area contributed by atoms with Crippen molar-refractivity contribution in [2.24, 2.45) is 11.8 Å². The van der Waals surface area contributed by atoms with E-state index >= 15 is 0 Å². The van der Waals surface area contributed by atoms with Gasteiger partial charge in [0.05, 0.1) is 11.7 Å². The molecule has 1 N–H and O–H groups in total. The summed E-state index contributed by atoms with van der Waals surface area (Å²) in [6.07, 6.45) is 5.65. The Balaban J connectivity index is 1.50. The maximum absolute atomic E-state index is 12.9. The molecule has 0 aromatic heterocycles. The number of carbonyl (C=O) groups excluding carboxylic acids is 2. The molecular formula is C18H31N3O4S. The van der Waals surface area contributed by atoms with Crippen LogP contribution in [-0.2, 0) is 19.6 Å². The molecule has 2 aliphatic heterocycles. The topological polar surface area (TPSA) is 86.8 Å². The molecule has 1 unspecified atom stereocenters. The van der Waals surface area contributed by atoms with E-state index in [9.17, 15) is 18.0 Å². The zero-order valence-corrected chi connectivity index (χ0v) is 16.5. The van der Waals surface area contributed by atoms with Gasteiger partial charge in [-0.05, 0) is 44.9 Å². The van der Waals surface area contributed by atoms with Crippen molar-refractivity contribution in [2.75, 3.05) is 31.9 Å². The Hall–Kier alpha value is -1.15. The van der Waals surface area contributed by atoms with Crippen LogP contribution in [0.2, 0.25) is 0 Å². The van der Waals surface area contributed by atoms with Gasteiger partial charge in [-0.1, -0.05) is 6.92 Å². The second-order valence-electron chi connectivity index (χ2n) is 7.90. The average Bonchev–Trinajstić information content (AvgIpc) is 3.45. The molecule has 148 valence electrons. The van der Waals surface area contributed by atoms with Crippen molar-refractivity contribution in [3.63, 3.8) is 0 Å². The number of likely N-dealkylation sites (tertiary alicyclic amines) is 1. The first-order valence-electron chi connectivity index (χ1n) is 9.97. The molecule has 0 radical (unpaired) electrons. The van der Waals surface area contributed by atoms with Crippen molar-refractivity contribution >= 4 is 21.8 Å². The van der Waals surface area contributed by atoms with Crippen LogP contribution in [0.3, 0.4) is 0 Å². The lowest BCUT2D eigenvalue weighted by Crippen LogP contribution is -2.50. The fraction of sp³-hybridized carbons (Fsp3) is 0.889. The lowest BCUT2D eigenvalue weighted by molar-refractivity contribution is -0.140. The van der Waals surface area contributed by atoms with Gasteiger partial charge >= 0.3 is 0 Å². The van der Waals surface area contributed by atoms with Gasteiger partial charge in [0.15, 0.2) is 0 Å². The van der Waals surface area contributed by atoms with Crippen LogP contribution in [0.4, 0.5) is 0 Å². The molecule has 8 heteroatoms. The number of piperidine rings is 2. The first kappa shape index (κ1) is 19.6. The van der Waals surface area contributed by atoms with Gasteiger partial charge in [0.25, 0.3) is 0 Å². The van der Waals surface area contributed by atoms with Crippen molar-refractivity contribution in [3.8, 4) is 0 Å². The van der Waals surface area contributed by atoms with E-state index < -0.39 is 10.0 Å². The van der Waals surface area contributed by atoms with E-state index in [4.69, 9.17) is 0 Å². The summed E-state index contributed by atoms with van der Waals surface area (Å²) >= 11 is 0. The van der Waals surface area contributed by atoms with Gasteiger partial charge in [0.1, 0.15) is 0 Å². The Labute approximate surface area is 156 Å². The van der Waals surface area contributed by atoms with E-state index in [0.29, 0.717) is 51.5 Å². The van der Waals surface area contributed by atoms with Crippen LogP contribution >= 0.6 is 0 Å². The minimum Gasteiger partial charge on any atom is -0.353 e. The summed E-state index contributed by atoms with van der Waals surface area (Å²) in [5, 5.41) is 3.05. The summed E-state index contributed by atoms with van der Waals surface area (Å²) in [5.41, 5.74) is 0. The summed E-state index contributed by atoms with van der Waals surface area (Å²) < 4.78 is 26.1. The zero-order chi connectivity index (χ0) is 18.7. The molecule has 1 atom stereocenters. The molecule has 0 aromatic carbocycles. The first-order valence-corrected chi connectivity index (χ1v) is 11.6. The Morgan fingerprint density at radius 2 is 1.69 bits per heavy atom. The van der Waals surface area contributed by atoms with Crippen LogP contribution in [0, 0.1) is 11.8 Å². The Morgan fingerprint density at radius 1 is 1.00 bits per heavy atom.